The lowest BCUT2D eigenvalue weighted by Crippen LogP contribution is -2.10. The summed E-state index contributed by atoms with van der Waals surface area (Å²) in [6, 6.07) is 8.72. The molecule has 2 aromatic rings. The molecular formula is C16H19FN2O2. The maximum absolute atomic E-state index is 14.1. The first-order valence-corrected chi connectivity index (χ1v) is 6.78. The van der Waals surface area contributed by atoms with E-state index in [2.05, 4.69) is 10.3 Å². The van der Waals surface area contributed by atoms with Crippen LogP contribution in [0.5, 0.6) is 11.6 Å². The highest BCUT2D eigenvalue weighted by atomic mass is 19.1. The molecule has 0 aliphatic rings. The summed E-state index contributed by atoms with van der Waals surface area (Å²) in [6.07, 6.45) is 1.68. The molecule has 0 atom stereocenters. The van der Waals surface area contributed by atoms with Gasteiger partial charge in [-0.05, 0) is 32.0 Å². The van der Waals surface area contributed by atoms with Gasteiger partial charge >= 0.3 is 0 Å². The SMILES string of the molecule is COc1cccc(CNc2cccnc2OC(C)C)c1F. The van der Waals surface area contributed by atoms with Gasteiger partial charge in [-0.25, -0.2) is 9.37 Å². The summed E-state index contributed by atoms with van der Waals surface area (Å²) in [6.45, 7) is 4.18. The maximum atomic E-state index is 14.1. The van der Waals surface area contributed by atoms with Crippen molar-refractivity contribution >= 4 is 5.69 Å². The van der Waals surface area contributed by atoms with E-state index >= 15 is 0 Å². The third kappa shape index (κ3) is 3.84. The zero-order valence-corrected chi connectivity index (χ0v) is 12.4. The first-order chi connectivity index (χ1) is 10.1. The summed E-state index contributed by atoms with van der Waals surface area (Å²) in [5.41, 5.74) is 1.25. The van der Waals surface area contributed by atoms with E-state index in [-0.39, 0.29) is 17.7 Å². The summed E-state index contributed by atoms with van der Waals surface area (Å²) < 4.78 is 24.7. The van der Waals surface area contributed by atoms with Crippen molar-refractivity contribution in [1.29, 1.82) is 0 Å². The maximum Gasteiger partial charge on any atom is 0.237 e. The molecule has 1 N–H and O–H groups in total. The van der Waals surface area contributed by atoms with Crippen LogP contribution >= 0.6 is 0 Å². The molecule has 0 aliphatic carbocycles. The van der Waals surface area contributed by atoms with Gasteiger partial charge in [0, 0.05) is 18.3 Å². The Morgan fingerprint density at radius 1 is 1.24 bits per heavy atom. The molecule has 0 unspecified atom stereocenters. The van der Waals surface area contributed by atoms with Crippen LogP contribution in [-0.2, 0) is 6.54 Å². The van der Waals surface area contributed by atoms with E-state index in [1.165, 1.54) is 7.11 Å². The van der Waals surface area contributed by atoms with Crippen molar-refractivity contribution in [3.63, 3.8) is 0 Å². The Kier molecular flexibility index (Phi) is 4.98. The lowest BCUT2D eigenvalue weighted by atomic mass is 10.2. The highest BCUT2D eigenvalue weighted by Gasteiger charge is 2.10. The molecule has 112 valence electrons. The number of aromatic nitrogens is 1. The van der Waals surface area contributed by atoms with Crippen LogP contribution in [0.1, 0.15) is 19.4 Å². The van der Waals surface area contributed by atoms with Gasteiger partial charge in [0.05, 0.1) is 18.9 Å². The predicted molar refractivity (Wildman–Crippen MR) is 80.3 cm³/mol. The summed E-state index contributed by atoms with van der Waals surface area (Å²) in [4.78, 5) is 4.18. The second kappa shape index (κ2) is 6.92. The Labute approximate surface area is 123 Å². The fourth-order valence-corrected chi connectivity index (χ4v) is 1.88. The van der Waals surface area contributed by atoms with Crippen molar-refractivity contribution in [1.82, 2.24) is 4.98 Å². The normalized spacial score (nSPS) is 10.5. The number of anilines is 1. The van der Waals surface area contributed by atoms with Gasteiger partial charge in [0.1, 0.15) is 0 Å². The third-order valence-corrected chi connectivity index (χ3v) is 2.85. The van der Waals surface area contributed by atoms with Gasteiger partial charge in [-0.2, -0.15) is 0 Å². The molecule has 0 bridgehead atoms. The molecule has 1 heterocycles. The van der Waals surface area contributed by atoms with Crippen molar-refractivity contribution in [2.45, 2.75) is 26.5 Å². The number of ether oxygens (including phenoxy) is 2. The van der Waals surface area contributed by atoms with Crippen molar-refractivity contribution in [2.75, 3.05) is 12.4 Å². The quantitative estimate of drug-likeness (QED) is 0.882. The Balaban J connectivity index is 2.13. The van der Waals surface area contributed by atoms with Crippen LogP contribution in [0.15, 0.2) is 36.5 Å². The minimum atomic E-state index is -0.359. The Bertz CT molecular complexity index is 603. The van der Waals surface area contributed by atoms with Crippen molar-refractivity contribution < 1.29 is 13.9 Å². The van der Waals surface area contributed by atoms with Crippen LogP contribution < -0.4 is 14.8 Å². The van der Waals surface area contributed by atoms with E-state index in [0.717, 1.165) is 5.69 Å². The van der Waals surface area contributed by atoms with E-state index in [1.807, 2.05) is 19.9 Å². The Morgan fingerprint density at radius 3 is 2.76 bits per heavy atom. The average Bonchev–Trinajstić information content (AvgIpc) is 2.47. The van der Waals surface area contributed by atoms with E-state index in [9.17, 15) is 4.39 Å². The molecular weight excluding hydrogens is 271 g/mol. The second-order valence-corrected chi connectivity index (χ2v) is 4.81. The van der Waals surface area contributed by atoms with Crippen LogP contribution in [0.25, 0.3) is 0 Å². The highest BCUT2D eigenvalue weighted by molar-refractivity contribution is 5.52. The molecule has 0 spiro atoms. The lowest BCUT2D eigenvalue weighted by molar-refractivity contribution is 0.234. The van der Waals surface area contributed by atoms with E-state index < -0.39 is 0 Å². The van der Waals surface area contributed by atoms with Crippen LogP contribution in [-0.4, -0.2) is 18.2 Å². The predicted octanol–water partition coefficient (Wildman–Crippen LogP) is 3.63. The van der Waals surface area contributed by atoms with Gasteiger partial charge in [0.2, 0.25) is 5.88 Å². The van der Waals surface area contributed by atoms with Crippen molar-refractivity contribution in [3.05, 3.63) is 47.9 Å². The molecule has 0 saturated carbocycles. The van der Waals surface area contributed by atoms with Gasteiger partial charge in [-0.1, -0.05) is 12.1 Å². The van der Waals surface area contributed by atoms with E-state index in [1.54, 1.807) is 30.5 Å². The van der Waals surface area contributed by atoms with Crippen LogP contribution in [0.4, 0.5) is 10.1 Å². The molecule has 0 amide bonds. The van der Waals surface area contributed by atoms with Gasteiger partial charge in [0.15, 0.2) is 11.6 Å². The van der Waals surface area contributed by atoms with Gasteiger partial charge in [-0.15, -0.1) is 0 Å². The number of pyridine rings is 1. The Morgan fingerprint density at radius 2 is 2.05 bits per heavy atom. The number of halogens is 1. The molecule has 21 heavy (non-hydrogen) atoms. The summed E-state index contributed by atoms with van der Waals surface area (Å²) in [5.74, 6) is 0.387. The molecule has 1 aromatic carbocycles. The summed E-state index contributed by atoms with van der Waals surface area (Å²) in [7, 11) is 1.45. The number of hydrogen-bond acceptors (Lipinski definition) is 4. The van der Waals surface area contributed by atoms with E-state index in [0.29, 0.717) is 18.0 Å². The smallest absolute Gasteiger partial charge is 0.237 e. The van der Waals surface area contributed by atoms with Crippen LogP contribution in [0.2, 0.25) is 0 Å². The summed E-state index contributed by atoms with van der Waals surface area (Å²) in [5, 5.41) is 3.14. The number of nitrogens with zero attached hydrogens (tertiary/aromatic N) is 1. The molecule has 0 aliphatic heterocycles. The fraction of sp³-hybridized carbons (Fsp3) is 0.312. The minimum absolute atomic E-state index is 0.0222. The standard InChI is InChI=1S/C16H19FN2O2/c1-11(2)21-16-13(7-5-9-18-16)19-10-12-6-4-8-14(20-3)15(12)17/h4-9,11,19H,10H2,1-3H3. The number of methoxy groups -OCH3 is 1. The van der Waals surface area contributed by atoms with Crippen molar-refractivity contribution in [2.24, 2.45) is 0 Å². The lowest BCUT2D eigenvalue weighted by Gasteiger charge is -2.14. The highest BCUT2D eigenvalue weighted by Crippen LogP contribution is 2.24. The molecule has 1 aromatic heterocycles. The van der Waals surface area contributed by atoms with Crippen LogP contribution in [0.3, 0.4) is 0 Å². The largest absolute Gasteiger partial charge is 0.494 e. The number of hydrogen-bond donors (Lipinski definition) is 1. The molecule has 0 fully saturated rings. The van der Waals surface area contributed by atoms with Gasteiger partial charge < -0.3 is 14.8 Å². The average molecular weight is 290 g/mol. The van der Waals surface area contributed by atoms with Gasteiger partial charge in [0.25, 0.3) is 0 Å². The second-order valence-electron chi connectivity index (χ2n) is 4.81. The van der Waals surface area contributed by atoms with Crippen LogP contribution in [0, 0.1) is 5.82 Å². The Hall–Kier alpha value is -2.30. The number of nitrogens with one attached hydrogen (secondary N) is 1. The molecule has 2 rings (SSSR count). The first kappa shape index (κ1) is 15.1. The fourth-order valence-electron chi connectivity index (χ4n) is 1.88. The zero-order valence-electron chi connectivity index (χ0n) is 12.4. The van der Waals surface area contributed by atoms with Crippen molar-refractivity contribution in [3.8, 4) is 11.6 Å². The molecule has 5 heteroatoms. The first-order valence-electron chi connectivity index (χ1n) is 6.78. The molecule has 4 nitrogen and oxygen atoms in total. The number of rotatable bonds is 6. The topological polar surface area (TPSA) is 43.4 Å². The number of benzene rings is 1. The van der Waals surface area contributed by atoms with Gasteiger partial charge in [-0.3, -0.25) is 0 Å². The van der Waals surface area contributed by atoms with E-state index in [4.69, 9.17) is 9.47 Å². The third-order valence-electron chi connectivity index (χ3n) is 2.85. The minimum Gasteiger partial charge on any atom is -0.494 e. The summed E-state index contributed by atoms with van der Waals surface area (Å²) >= 11 is 0. The molecule has 0 radical (unpaired) electrons. The molecule has 0 saturated heterocycles. The monoisotopic (exact) mass is 290 g/mol. The zero-order chi connectivity index (χ0) is 15.2.